The Labute approximate surface area is 131 Å². The number of aromatic nitrogens is 2. The summed E-state index contributed by atoms with van der Waals surface area (Å²) in [6.07, 6.45) is 3.12. The molecular formula is C19H12N2O2. The molecule has 4 nitrogen and oxygen atoms in total. The average molecular weight is 300 g/mol. The molecule has 0 saturated heterocycles. The molecule has 0 atom stereocenters. The lowest BCUT2D eigenvalue weighted by molar-refractivity contribution is 0.104. The van der Waals surface area contributed by atoms with Crippen LogP contribution in [0.5, 0.6) is 0 Å². The van der Waals surface area contributed by atoms with Crippen molar-refractivity contribution in [3.63, 3.8) is 0 Å². The van der Waals surface area contributed by atoms with Gasteiger partial charge in [-0.3, -0.25) is 14.6 Å². The van der Waals surface area contributed by atoms with Crippen molar-refractivity contribution in [2.45, 2.75) is 0 Å². The Bertz CT molecular complexity index is 1100. The van der Waals surface area contributed by atoms with Crippen molar-refractivity contribution in [2.24, 2.45) is 0 Å². The molecule has 0 unspecified atom stereocenters. The van der Waals surface area contributed by atoms with Crippen molar-refractivity contribution in [2.75, 3.05) is 0 Å². The van der Waals surface area contributed by atoms with Gasteiger partial charge in [0, 0.05) is 34.4 Å². The predicted molar refractivity (Wildman–Crippen MR) is 89.7 cm³/mol. The van der Waals surface area contributed by atoms with Crippen LogP contribution in [0.2, 0.25) is 0 Å². The van der Waals surface area contributed by atoms with Gasteiger partial charge < -0.3 is 4.98 Å². The molecule has 0 radical (unpaired) electrons. The van der Waals surface area contributed by atoms with E-state index in [1.54, 1.807) is 36.5 Å². The molecule has 4 heteroatoms. The number of hydrogen-bond donors (Lipinski definition) is 1. The van der Waals surface area contributed by atoms with Crippen LogP contribution in [0, 0.1) is 0 Å². The summed E-state index contributed by atoms with van der Waals surface area (Å²) in [4.78, 5) is 32.8. The largest absolute Gasteiger partial charge is 0.354 e. The van der Waals surface area contributed by atoms with Crippen LogP contribution in [0.4, 0.5) is 0 Å². The summed E-state index contributed by atoms with van der Waals surface area (Å²) in [5, 5.41) is 0.992. The summed E-state index contributed by atoms with van der Waals surface area (Å²) in [6.45, 7) is 0. The summed E-state index contributed by atoms with van der Waals surface area (Å²) >= 11 is 0. The molecular weight excluding hydrogens is 288 g/mol. The highest BCUT2D eigenvalue weighted by atomic mass is 16.1. The molecule has 2 aromatic heterocycles. The number of hydrogen-bond acceptors (Lipinski definition) is 3. The van der Waals surface area contributed by atoms with Gasteiger partial charge in [0.25, 0.3) is 0 Å². The molecule has 2 aromatic carbocycles. The van der Waals surface area contributed by atoms with Crippen LogP contribution in [0.3, 0.4) is 0 Å². The van der Waals surface area contributed by atoms with E-state index in [1.165, 1.54) is 6.20 Å². The molecule has 0 aliphatic rings. The molecule has 2 heterocycles. The van der Waals surface area contributed by atoms with Crippen LogP contribution in [0.25, 0.3) is 21.8 Å². The summed E-state index contributed by atoms with van der Waals surface area (Å²) in [5.41, 5.74) is 2.14. The predicted octanol–water partition coefficient (Wildman–Crippen LogP) is 3.31. The first kappa shape index (κ1) is 13.4. The standard InChI is InChI=1S/C19H12N2O2/c22-18(12-5-4-10-20-11-12)14-7-3-9-16-17(14)19(23)13-6-1-2-8-15(13)21-16/h1-11H,(H,21,23). The SMILES string of the molecule is O=C(c1cccnc1)c1cccc2[nH]c3ccccc3c(=O)c12. The lowest BCUT2D eigenvalue weighted by atomic mass is 9.98. The maximum absolute atomic E-state index is 12.9. The molecule has 0 saturated carbocycles. The minimum Gasteiger partial charge on any atom is -0.354 e. The minimum absolute atomic E-state index is 0.137. The second-order valence-corrected chi connectivity index (χ2v) is 5.30. The van der Waals surface area contributed by atoms with Gasteiger partial charge in [0.2, 0.25) is 0 Å². The fourth-order valence-electron chi connectivity index (χ4n) is 2.81. The van der Waals surface area contributed by atoms with Gasteiger partial charge in [0.1, 0.15) is 0 Å². The van der Waals surface area contributed by atoms with Gasteiger partial charge in [0.15, 0.2) is 11.2 Å². The summed E-state index contributed by atoms with van der Waals surface area (Å²) < 4.78 is 0. The molecule has 4 aromatic rings. The third-order valence-corrected chi connectivity index (χ3v) is 3.90. The number of pyridine rings is 2. The van der Waals surface area contributed by atoms with E-state index in [-0.39, 0.29) is 11.2 Å². The number of aromatic amines is 1. The molecule has 110 valence electrons. The third kappa shape index (κ3) is 2.12. The molecule has 0 fully saturated rings. The highest BCUT2D eigenvalue weighted by Crippen LogP contribution is 2.20. The molecule has 0 amide bonds. The molecule has 1 N–H and O–H groups in total. The van der Waals surface area contributed by atoms with Crippen molar-refractivity contribution < 1.29 is 4.79 Å². The fourth-order valence-corrected chi connectivity index (χ4v) is 2.81. The van der Waals surface area contributed by atoms with Gasteiger partial charge in [-0.2, -0.15) is 0 Å². The average Bonchev–Trinajstić information content (AvgIpc) is 2.61. The molecule has 0 aliphatic heterocycles. The Hall–Kier alpha value is -3.27. The second-order valence-electron chi connectivity index (χ2n) is 5.30. The van der Waals surface area contributed by atoms with Crippen LogP contribution >= 0.6 is 0 Å². The van der Waals surface area contributed by atoms with E-state index in [9.17, 15) is 9.59 Å². The van der Waals surface area contributed by atoms with Crippen molar-refractivity contribution in [1.29, 1.82) is 0 Å². The van der Waals surface area contributed by atoms with E-state index < -0.39 is 0 Å². The minimum atomic E-state index is -0.204. The number of para-hydroxylation sites is 1. The smallest absolute Gasteiger partial charge is 0.197 e. The molecule has 23 heavy (non-hydrogen) atoms. The Morgan fingerprint density at radius 2 is 1.74 bits per heavy atom. The Morgan fingerprint density at radius 1 is 0.913 bits per heavy atom. The second kappa shape index (κ2) is 5.18. The van der Waals surface area contributed by atoms with Crippen LogP contribution in [0.1, 0.15) is 15.9 Å². The number of fused-ring (bicyclic) bond motifs is 2. The third-order valence-electron chi connectivity index (χ3n) is 3.90. The number of rotatable bonds is 2. The number of H-pyrrole nitrogens is 1. The van der Waals surface area contributed by atoms with E-state index in [2.05, 4.69) is 9.97 Å². The first-order valence-corrected chi connectivity index (χ1v) is 7.24. The maximum Gasteiger partial charge on any atom is 0.197 e. The zero-order chi connectivity index (χ0) is 15.8. The van der Waals surface area contributed by atoms with Crippen LogP contribution in [-0.2, 0) is 0 Å². The number of carbonyl (C=O) groups is 1. The number of nitrogens with zero attached hydrogens (tertiary/aromatic N) is 1. The van der Waals surface area contributed by atoms with Crippen LogP contribution in [-0.4, -0.2) is 15.8 Å². The first-order chi connectivity index (χ1) is 11.3. The highest BCUT2D eigenvalue weighted by molar-refractivity contribution is 6.16. The van der Waals surface area contributed by atoms with Crippen molar-refractivity contribution in [1.82, 2.24) is 9.97 Å². The topological polar surface area (TPSA) is 62.8 Å². The quantitative estimate of drug-likeness (QED) is 0.456. The van der Waals surface area contributed by atoms with Crippen molar-refractivity contribution in [3.05, 3.63) is 88.3 Å². The van der Waals surface area contributed by atoms with Crippen molar-refractivity contribution in [3.8, 4) is 0 Å². The van der Waals surface area contributed by atoms with E-state index >= 15 is 0 Å². The number of benzene rings is 2. The lowest BCUT2D eigenvalue weighted by Gasteiger charge is -2.07. The fraction of sp³-hybridized carbons (Fsp3) is 0. The monoisotopic (exact) mass is 300 g/mol. The van der Waals surface area contributed by atoms with Crippen LogP contribution in [0.15, 0.2) is 71.8 Å². The Balaban J connectivity index is 2.07. The summed E-state index contributed by atoms with van der Waals surface area (Å²) in [6, 6.07) is 16.0. The zero-order valence-corrected chi connectivity index (χ0v) is 12.1. The van der Waals surface area contributed by atoms with Gasteiger partial charge in [-0.05, 0) is 30.3 Å². The van der Waals surface area contributed by atoms with Gasteiger partial charge in [-0.25, -0.2) is 0 Å². The van der Waals surface area contributed by atoms with Gasteiger partial charge in [-0.1, -0.05) is 24.3 Å². The summed E-state index contributed by atoms with van der Waals surface area (Å²) in [7, 11) is 0. The molecule has 0 bridgehead atoms. The Morgan fingerprint density at radius 3 is 2.57 bits per heavy atom. The van der Waals surface area contributed by atoms with Gasteiger partial charge in [-0.15, -0.1) is 0 Å². The van der Waals surface area contributed by atoms with E-state index in [1.807, 2.05) is 24.3 Å². The lowest BCUT2D eigenvalue weighted by Crippen LogP contribution is -2.11. The first-order valence-electron chi connectivity index (χ1n) is 7.24. The highest BCUT2D eigenvalue weighted by Gasteiger charge is 2.16. The number of nitrogens with one attached hydrogen (secondary N) is 1. The van der Waals surface area contributed by atoms with Gasteiger partial charge in [0.05, 0.1) is 10.9 Å². The van der Waals surface area contributed by atoms with Gasteiger partial charge >= 0.3 is 0 Å². The Kier molecular flexibility index (Phi) is 3.01. The van der Waals surface area contributed by atoms with E-state index in [0.29, 0.717) is 27.4 Å². The summed E-state index contributed by atoms with van der Waals surface area (Å²) in [5.74, 6) is -0.204. The number of carbonyl (C=O) groups excluding carboxylic acids is 1. The van der Waals surface area contributed by atoms with Crippen molar-refractivity contribution >= 4 is 27.6 Å². The zero-order valence-electron chi connectivity index (χ0n) is 12.1. The van der Waals surface area contributed by atoms with Crippen LogP contribution < -0.4 is 5.43 Å². The molecule has 4 rings (SSSR count). The number of ketones is 1. The normalized spacial score (nSPS) is 11.0. The maximum atomic E-state index is 12.9. The molecule has 0 spiro atoms. The van der Waals surface area contributed by atoms with E-state index in [0.717, 1.165) is 5.52 Å². The molecule has 0 aliphatic carbocycles. The van der Waals surface area contributed by atoms with E-state index in [4.69, 9.17) is 0 Å².